The van der Waals surface area contributed by atoms with Crippen LogP contribution in [0.15, 0.2) is 42.5 Å². The Bertz CT molecular complexity index is 807. The molecule has 2 N–H and O–H groups in total. The van der Waals surface area contributed by atoms with E-state index < -0.39 is 35.9 Å². The molecule has 1 fully saturated rings. The van der Waals surface area contributed by atoms with Gasteiger partial charge in [-0.25, -0.2) is 4.79 Å². The molecule has 2 aliphatic rings. The minimum absolute atomic E-state index is 0.0596. The third-order valence-electron chi connectivity index (χ3n) is 5.12. The largest absolute Gasteiger partial charge is 0.480 e. The summed E-state index contributed by atoms with van der Waals surface area (Å²) in [6.45, 7) is 1.60. The molecule has 0 unspecified atom stereocenters. The van der Waals surface area contributed by atoms with Crippen molar-refractivity contribution in [1.82, 2.24) is 15.1 Å². The van der Waals surface area contributed by atoms with Crippen LogP contribution in [0.25, 0.3) is 0 Å². The van der Waals surface area contributed by atoms with Gasteiger partial charge in [0.05, 0.1) is 12.6 Å². The molecular weight excluding hydrogens is 362 g/mol. The smallest absolute Gasteiger partial charge is 0.328 e. The summed E-state index contributed by atoms with van der Waals surface area (Å²) in [4.78, 5) is 52.1. The van der Waals surface area contributed by atoms with Gasteiger partial charge in [-0.05, 0) is 25.0 Å². The number of hydrogen-bond donors (Lipinski definition) is 2. The molecule has 3 rings (SSSR count). The quantitative estimate of drug-likeness (QED) is 0.743. The van der Waals surface area contributed by atoms with E-state index in [9.17, 15) is 24.3 Å². The number of nitrogens with one attached hydrogen (secondary N) is 1. The fourth-order valence-electron chi connectivity index (χ4n) is 3.66. The molecule has 3 atom stereocenters. The van der Waals surface area contributed by atoms with E-state index in [2.05, 4.69) is 5.32 Å². The third-order valence-corrected chi connectivity index (χ3v) is 5.12. The summed E-state index contributed by atoms with van der Waals surface area (Å²) in [7, 11) is 0. The van der Waals surface area contributed by atoms with Gasteiger partial charge in [0.1, 0.15) is 12.1 Å². The maximum absolute atomic E-state index is 13.2. The van der Waals surface area contributed by atoms with Crippen LogP contribution in [0.1, 0.15) is 30.1 Å². The second-order valence-electron chi connectivity index (χ2n) is 7.01. The van der Waals surface area contributed by atoms with E-state index in [0.29, 0.717) is 12.0 Å². The molecule has 8 nitrogen and oxygen atoms in total. The number of rotatable bonds is 3. The van der Waals surface area contributed by atoms with Crippen LogP contribution in [-0.4, -0.2) is 69.8 Å². The Morgan fingerprint density at radius 3 is 2.39 bits per heavy atom. The molecule has 0 saturated carbocycles. The number of carboxylic acid groups (broad SMARTS) is 1. The van der Waals surface area contributed by atoms with Crippen LogP contribution in [0.3, 0.4) is 0 Å². The Kier molecular flexibility index (Phi) is 5.77. The number of fused-ring (bicyclic) bond motifs is 1. The van der Waals surface area contributed by atoms with Crippen molar-refractivity contribution < 1.29 is 24.3 Å². The number of carboxylic acids is 1. The van der Waals surface area contributed by atoms with Gasteiger partial charge in [0.15, 0.2) is 0 Å². The molecule has 1 aromatic carbocycles. The van der Waals surface area contributed by atoms with E-state index in [4.69, 9.17) is 0 Å². The third kappa shape index (κ3) is 4.05. The maximum Gasteiger partial charge on any atom is 0.328 e. The van der Waals surface area contributed by atoms with Crippen molar-refractivity contribution >= 4 is 23.7 Å². The molecular formula is C20H23N3O5. The highest BCUT2D eigenvalue weighted by molar-refractivity contribution is 5.98. The number of hydrogen-bond acceptors (Lipinski definition) is 4. The Labute approximate surface area is 162 Å². The first-order valence-electron chi connectivity index (χ1n) is 9.20. The monoisotopic (exact) mass is 385 g/mol. The fourth-order valence-corrected chi connectivity index (χ4v) is 3.66. The Hall–Kier alpha value is -3.16. The summed E-state index contributed by atoms with van der Waals surface area (Å²) in [5, 5.41) is 12.4. The SMILES string of the molecule is CC(=O)N1C[C@@H]2CC=CC[C@H](NC(=O)c3ccccc3)C(=O)N2[C@H](C(=O)O)C1. The van der Waals surface area contributed by atoms with Crippen molar-refractivity contribution in [2.24, 2.45) is 0 Å². The molecule has 0 radical (unpaired) electrons. The molecule has 2 heterocycles. The minimum Gasteiger partial charge on any atom is -0.480 e. The summed E-state index contributed by atoms with van der Waals surface area (Å²) >= 11 is 0. The summed E-state index contributed by atoms with van der Waals surface area (Å²) in [5.74, 6) is -2.21. The fraction of sp³-hybridized carbons (Fsp3) is 0.400. The van der Waals surface area contributed by atoms with Gasteiger partial charge in [-0.1, -0.05) is 30.4 Å². The first-order valence-corrected chi connectivity index (χ1v) is 9.20. The lowest BCUT2D eigenvalue weighted by Crippen LogP contribution is -2.66. The minimum atomic E-state index is -1.16. The van der Waals surface area contributed by atoms with E-state index in [1.54, 1.807) is 30.3 Å². The molecule has 0 aromatic heterocycles. The van der Waals surface area contributed by atoms with E-state index in [0.717, 1.165) is 0 Å². The highest BCUT2D eigenvalue weighted by Gasteiger charge is 2.44. The summed E-state index contributed by atoms with van der Waals surface area (Å²) in [5.41, 5.74) is 0.425. The number of benzene rings is 1. The van der Waals surface area contributed by atoms with Crippen LogP contribution in [-0.2, 0) is 14.4 Å². The number of piperazine rings is 1. The predicted molar refractivity (Wildman–Crippen MR) is 100 cm³/mol. The van der Waals surface area contributed by atoms with Crippen molar-refractivity contribution in [1.29, 1.82) is 0 Å². The topological polar surface area (TPSA) is 107 Å². The summed E-state index contributed by atoms with van der Waals surface area (Å²) in [6, 6.07) is 6.09. The van der Waals surface area contributed by atoms with Crippen molar-refractivity contribution in [2.75, 3.05) is 13.1 Å². The Morgan fingerprint density at radius 1 is 1.07 bits per heavy atom. The van der Waals surface area contributed by atoms with Gasteiger partial charge >= 0.3 is 5.97 Å². The van der Waals surface area contributed by atoms with E-state index in [1.807, 2.05) is 12.2 Å². The zero-order valence-electron chi connectivity index (χ0n) is 15.6. The summed E-state index contributed by atoms with van der Waals surface area (Å²) in [6.07, 6.45) is 4.42. The van der Waals surface area contributed by atoms with Crippen molar-refractivity contribution in [2.45, 2.75) is 37.9 Å². The molecule has 148 valence electrons. The van der Waals surface area contributed by atoms with Gasteiger partial charge in [-0.3, -0.25) is 14.4 Å². The van der Waals surface area contributed by atoms with Crippen LogP contribution in [0, 0.1) is 0 Å². The zero-order chi connectivity index (χ0) is 20.3. The Morgan fingerprint density at radius 2 is 1.75 bits per heavy atom. The van der Waals surface area contributed by atoms with E-state index in [1.165, 1.54) is 16.7 Å². The van der Waals surface area contributed by atoms with Crippen LogP contribution in [0.4, 0.5) is 0 Å². The molecule has 0 spiro atoms. The van der Waals surface area contributed by atoms with Gasteiger partial charge in [-0.15, -0.1) is 0 Å². The van der Waals surface area contributed by atoms with Crippen molar-refractivity contribution in [3.05, 3.63) is 48.0 Å². The average Bonchev–Trinajstić information content (AvgIpc) is 2.68. The highest BCUT2D eigenvalue weighted by atomic mass is 16.4. The molecule has 0 aliphatic carbocycles. The second kappa shape index (κ2) is 8.24. The van der Waals surface area contributed by atoms with Gasteiger partial charge < -0.3 is 20.2 Å². The van der Waals surface area contributed by atoms with Crippen LogP contribution < -0.4 is 5.32 Å². The molecule has 2 aliphatic heterocycles. The molecule has 1 aromatic rings. The number of aliphatic carboxylic acids is 1. The molecule has 28 heavy (non-hydrogen) atoms. The van der Waals surface area contributed by atoms with Gasteiger partial charge in [-0.2, -0.15) is 0 Å². The van der Waals surface area contributed by atoms with Gasteiger partial charge in [0.2, 0.25) is 11.8 Å². The lowest BCUT2D eigenvalue weighted by Gasteiger charge is -2.46. The predicted octanol–water partition coefficient (Wildman–Crippen LogP) is 0.648. The second-order valence-corrected chi connectivity index (χ2v) is 7.01. The van der Waals surface area contributed by atoms with Crippen LogP contribution in [0.5, 0.6) is 0 Å². The first kappa shape index (κ1) is 19.6. The number of nitrogens with zero attached hydrogens (tertiary/aromatic N) is 2. The zero-order valence-corrected chi connectivity index (χ0v) is 15.6. The Balaban J connectivity index is 1.86. The molecule has 3 amide bonds. The molecule has 1 saturated heterocycles. The average molecular weight is 385 g/mol. The van der Waals surface area contributed by atoms with Crippen LogP contribution in [0.2, 0.25) is 0 Å². The normalized spacial score (nSPS) is 24.8. The van der Waals surface area contributed by atoms with Crippen molar-refractivity contribution in [3.63, 3.8) is 0 Å². The van der Waals surface area contributed by atoms with Crippen molar-refractivity contribution in [3.8, 4) is 0 Å². The van der Waals surface area contributed by atoms with E-state index in [-0.39, 0.29) is 25.4 Å². The molecule has 0 bridgehead atoms. The maximum atomic E-state index is 13.2. The summed E-state index contributed by atoms with van der Waals surface area (Å²) < 4.78 is 0. The number of carbonyl (C=O) groups is 4. The van der Waals surface area contributed by atoms with Gasteiger partial charge in [0.25, 0.3) is 5.91 Å². The number of carbonyl (C=O) groups excluding carboxylic acids is 3. The lowest BCUT2D eigenvalue weighted by atomic mass is 9.97. The first-order chi connectivity index (χ1) is 13.4. The van der Waals surface area contributed by atoms with Crippen LogP contribution >= 0.6 is 0 Å². The van der Waals surface area contributed by atoms with Gasteiger partial charge in [0, 0.05) is 19.0 Å². The molecule has 8 heteroatoms. The number of amides is 3. The lowest BCUT2D eigenvalue weighted by molar-refractivity contribution is -0.160. The van der Waals surface area contributed by atoms with E-state index >= 15 is 0 Å². The standard InChI is InChI=1S/C20H23N3O5/c1-13(24)22-11-15-9-5-6-10-16(19(26)23(15)17(12-22)20(27)28)21-18(25)14-7-3-2-4-8-14/h2-8,15-17H,9-12H2,1H3,(H,21,25)(H,27,28)/t15-,16-,17-/m0/s1. The highest BCUT2D eigenvalue weighted by Crippen LogP contribution is 2.23.